The smallest absolute Gasteiger partial charge is 0.317 e. The molecule has 5 nitrogen and oxygen atoms in total. The van der Waals surface area contributed by atoms with Gasteiger partial charge < -0.3 is 10.2 Å². The highest BCUT2D eigenvalue weighted by Crippen LogP contribution is 2.48. The van der Waals surface area contributed by atoms with Crippen LogP contribution >= 0.6 is 0 Å². The summed E-state index contributed by atoms with van der Waals surface area (Å²) in [7, 11) is 0. The maximum Gasteiger partial charge on any atom is 0.317 e. The van der Waals surface area contributed by atoms with Crippen LogP contribution < -0.4 is 5.32 Å². The van der Waals surface area contributed by atoms with Gasteiger partial charge in [0.2, 0.25) is 0 Å². The average Bonchev–Trinajstić information content (AvgIpc) is 3.48. The van der Waals surface area contributed by atoms with Crippen LogP contribution in [0, 0.1) is 22.2 Å². The zero-order valence-corrected chi connectivity index (χ0v) is 18.2. The zero-order valence-electron chi connectivity index (χ0n) is 18.2. The molecule has 3 rings (SSSR count). The highest BCUT2D eigenvalue weighted by molar-refractivity contribution is 5.89. The number of nitrogens with one attached hydrogen (secondary N) is 1. The summed E-state index contributed by atoms with van der Waals surface area (Å²) in [4.78, 5) is 27.3. The molecule has 3 aliphatic rings. The monoisotopic (exact) mass is 423 g/mol. The van der Waals surface area contributed by atoms with Crippen LogP contribution in [0.3, 0.4) is 0 Å². The van der Waals surface area contributed by atoms with Crippen LogP contribution in [-0.2, 0) is 4.79 Å². The molecule has 1 N–H and O–H groups in total. The lowest BCUT2D eigenvalue weighted by Gasteiger charge is -2.44. The lowest BCUT2D eigenvalue weighted by molar-refractivity contribution is -0.124. The molecular formula is C23H35F2N3O2. The Hall–Kier alpha value is -1.71. The predicted octanol–water partition coefficient (Wildman–Crippen LogP) is 5.20. The van der Waals surface area contributed by atoms with Crippen molar-refractivity contribution in [3.05, 3.63) is 0 Å². The van der Waals surface area contributed by atoms with Gasteiger partial charge >= 0.3 is 6.03 Å². The number of alkyl halides is 2. The van der Waals surface area contributed by atoms with Crippen LogP contribution in [0.15, 0.2) is 0 Å². The fourth-order valence-corrected chi connectivity index (χ4v) is 5.17. The molecule has 1 heterocycles. The fraction of sp³-hybridized carbons (Fsp3) is 0.870. The molecule has 0 aromatic carbocycles. The van der Waals surface area contributed by atoms with E-state index < -0.39 is 35.6 Å². The second kappa shape index (κ2) is 9.20. The van der Waals surface area contributed by atoms with E-state index in [1.165, 1.54) is 32.1 Å². The van der Waals surface area contributed by atoms with Crippen LogP contribution in [0.25, 0.3) is 0 Å². The molecule has 0 radical (unpaired) electrons. The number of amides is 2. The topological polar surface area (TPSA) is 73.2 Å². The number of nitriles is 1. The van der Waals surface area contributed by atoms with Crippen LogP contribution in [0.2, 0.25) is 0 Å². The van der Waals surface area contributed by atoms with Crippen molar-refractivity contribution in [3.8, 4) is 6.07 Å². The van der Waals surface area contributed by atoms with E-state index in [0.717, 1.165) is 12.8 Å². The molecule has 7 heteroatoms. The highest BCUT2D eigenvalue weighted by atomic mass is 19.3. The van der Waals surface area contributed by atoms with Gasteiger partial charge in [-0.2, -0.15) is 5.26 Å². The minimum atomic E-state index is -3.01. The van der Waals surface area contributed by atoms with Crippen molar-refractivity contribution in [2.45, 2.75) is 102 Å². The lowest BCUT2D eigenvalue weighted by atomic mass is 9.68. The van der Waals surface area contributed by atoms with E-state index in [0.29, 0.717) is 37.8 Å². The van der Waals surface area contributed by atoms with Crippen molar-refractivity contribution in [2.75, 3.05) is 13.1 Å². The third-order valence-electron chi connectivity index (χ3n) is 7.43. The van der Waals surface area contributed by atoms with E-state index in [-0.39, 0.29) is 12.8 Å². The zero-order chi connectivity index (χ0) is 21.8. The number of piperidine rings is 1. The van der Waals surface area contributed by atoms with E-state index in [4.69, 9.17) is 0 Å². The lowest BCUT2D eigenvalue weighted by Crippen LogP contribution is -2.53. The van der Waals surface area contributed by atoms with Crippen molar-refractivity contribution in [1.82, 2.24) is 10.2 Å². The minimum absolute atomic E-state index is 0.0558. The summed E-state index contributed by atoms with van der Waals surface area (Å²) in [5.74, 6) is -3.46. The van der Waals surface area contributed by atoms with Crippen LogP contribution in [0.5, 0.6) is 0 Å². The number of likely N-dealkylation sites (tertiary alicyclic amines) is 1. The van der Waals surface area contributed by atoms with E-state index in [9.17, 15) is 23.6 Å². The van der Waals surface area contributed by atoms with Gasteiger partial charge in [-0.1, -0.05) is 32.6 Å². The van der Waals surface area contributed by atoms with E-state index in [1.54, 1.807) is 11.8 Å². The van der Waals surface area contributed by atoms with Gasteiger partial charge in [0.25, 0.3) is 5.92 Å². The Kier molecular flexibility index (Phi) is 7.04. The largest absolute Gasteiger partial charge is 0.328 e. The second-order valence-corrected chi connectivity index (χ2v) is 9.90. The third-order valence-corrected chi connectivity index (χ3v) is 7.43. The number of hydrogen-bond donors (Lipinski definition) is 1. The number of hydrogen-bond acceptors (Lipinski definition) is 3. The van der Waals surface area contributed by atoms with Gasteiger partial charge in [-0.05, 0) is 43.9 Å². The van der Waals surface area contributed by atoms with Gasteiger partial charge in [0, 0.05) is 32.4 Å². The van der Waals surface area contributed by atoms with E-state index in [2.05, 4.69) is 11.4 Å². The maximum absolute atomic E-state index is 14.3. The summed E-state index contributed by atoms with van der Waals surface area (Å²) in [6.07, 6.45) is 8.57. The summed E-state index contributed by atoms with van der Waals surface area (Å²) in [6, 6.07) is 0.481. The molecule has 1 aliphatic heterocycles. The predicted molar refractivity (Wildman–Crippen MR) is 110 cm³/mol. The molecular weight excluding hydrogens is 388 g/mol. The van der Waals surface area contributed by atoms with Gasteiger partial charge in [-0.3, -0.25) is 4.79 Å². The normalized spacial score (nSPS) is 23.5. The number of ketones is 1. The van der Waals surface area contributed by atoms with Crippen LogP contribution in [0.1, 0.15) is 90.4 Å². The summed E-state index contributed by atoms with van der Waals surface area (Å²) in [6.45, 7) is 2.90. The Labute approximate surface area is 178 Å². The van der Waals surface area contributed by atoms with Crippen molar-refractivity contribution >= 4 is 11.8 Å². The average molecular weight is 424 g/mol. The fourth-order valence-electron chi connectivity index (χ4n) is 5.17. The van der Waals surface area contributed by atoms with Crippen molar-refractivity contribution in [3.63, 3.8) is 0 Å². The molecule has 168 valence electrons. The van der Waals surface area contributed by atoms with Gasteiger partial charge in [0.1, 0.15) is 0 Å². The molecule has 30 heavy (non-hydrogen) atoms. The van der Waals surface area contributed by atoms with Crippen LogP contribution in [0.4, 0.5) is 13.6 Å². The Morgan fingerprint density at radius 1 is 1.10 bits per heavy atom. The number of Topliss-reactive ketones (excluding diaryl/α,β-unsaturated/α-hetero) is 1. The molecule has 1 spiro atoms. The summed E-state index contributed by atoms with van der Waals surface area (Å²) < 4.78 is 28.6. The second-order valence-electron chi connectivity index (χ2n) is 9.90. The van der Waals surface area contributed by atoms with Crippen molar-refractivity contribution in [1.29, 1.82) is 5.26 Å². The first-order chi connectivity index (χ1) is 14.2. The molecule has 2 aliphatic carbocycles. The van der Waals surface area contributed by atoms with E-state index >= 15 is 0 Å². The summed E-state index contributed by atoms with van der Waals surface area (Å²) in [5, 5.41) is 11.9. The molecule has 0 aromatic rings. The molecule has 1 atom stereocenters. The molecule has 0 bridgehead atoms. The van der Waals surface area contributed by atoms with Crippen LogP contribution in [-0.4, -0.2) is 41.8 Å². The minimum Gasteiger partial charge on any atom is -0.328 e. The van der Waals surface area contributed by atoms with Gasteiger partial charge in [-0.25, -0.2) is 13.6 Å². The first kappa shape index (κ1) is 23.0. The van der Waals surface area contributed by atoms with Crippen molar-refractivity contribution < 1.29 is 18.4 Å². The third kappa shape index (κ3) is 5.70. The number of carbonyl (C=O) groups excluding carboxylic acids is 2. The maximum atomic E-state index is 14.3. The van der Waals surface area contributed by atoms with Gasteiger partial charge in [0.05, 0.1) is 17.5 Å². The number of nitrogens with zero attached hydrogens (tertiary/aromatic N) is 2. The highest BCUT2D eigenvalue weighted by Gasteiger charge is 2.47. The summed E-state index contributed by atoms with van der Waals surface area (Å²) >= 11 is 0. The number of rotatable bonds is 8. The SMILES string of the molecule is CCCC(F)(F)C[C@H](NC(=O)N1CCC2(CCCCC2)CC1)C(=O)CC1(C#N)CC1. The molecule has 0 unspecified atom stereocenters. The number of halogens is 2. The molecule has 2 saturated carbocycles. The Morgan fingerprint density at radius 3 is 2.27 bits per heavy atom. The van der Waals surface area contributed by atoms with Gasteiger partial charge in [0.15, 0.2) is 5.78 Å². The Bertz CT molecular complexity index is 668. The first-order valence-electron chi connectivity index (χ1n) is 11.6. The van der Waals surface area contributed by atoms with Gasteiger partial charge in [-0.15, -0.1) is 0 Å². The molecule has 3 fully saturated rings. The number of urea groups is 1. The van der Waals surface area contributed by atoms with Crippen molar-refractivity contribution in [2.24, 2.45) is 10.8 Å². The van der Waals surface area contributed by atoms with E-state index in [1.807, 2.05) is 0 Å². The Balaban J connectivity index is 1.61. The number of carbonyl (C=O) groups is 2. The molecule has 1 saturated heterocycles. The molecule has 0 aromatic heterocycles. The molecule has 2 amide bonds. The standard InChI is InChI=1S/C23H35F2N3O2/c1-2-6-23(24,25)15-18(19(29)16-22(17-26)9-10-22)27-20(30)28-13-11-21(12-14-28)7-4-3-5-8-21/h18H,2-16H2,1H3,(H,27,30)/t18-/m0/s1. The Morgan fingerprint density at radius 2 is 1.73 bits per heavy atom. The quantitative estimate of drug-likeness (QED) is 0.583. The summed E-state index contributed by atoms with van der Waals surface area (Å²) in [5.41, 5.74) is -0.373. The first-order valence-corrected chi connectivity index (χ1v) is 11.6.